The van der Waals surface area contributed by atoms with Crippen LogP contribution >= 0.6 is 0 Å². The van der Waals surface area contributed by atoms with Gasteiger partial charge >= 0.3 is 5.69 Å². The Hall–Kier alpha value is -2.39. The first-order chi connectivity index (χ1) is 12.8. The minimum Gasteiger partial charge on any atom is -0.373 e. The molecule has 146 valence electrons. The van der Waals surface area contributed by atoms with Gasteiger partial charge in [-0.05, 0) is 20.8 Å². The van der Waals surface area contributed by atoms with Crippen molar-refractivity contribution < 1.29 is 4.74 Å². The average molecular weight is 374 g/mol. The Morgan fingerprint density at radius 2 is 1.78 bits per heavy atom. The quantitative estimate of drug-likeness (QED) is 0.650. The van der Waals surface area contributed by atoms with E-state index in [9.17, 15) is 9.59 Å². The van der Waals surface area contributed by atoms with Gasteiger partial charge < -0.3 is 9.30 Å². The molecule has 0 aliphatic carbocycles. The van der Waals surface area contributed by atoms with Crippen LogP contribution < -0.4 is 11.2 Å². The first-order valence-electron chi connectivity index (χ1n) is 9.29. The van der Waals surface area contributed by atoms with Crippen molar-refractivity contribution in [2.75, 3.05) is 19.6 Å². The summed E-state index contributed by atoms with van der Waals surface area (Å²) < 4.78 is 12.3. The van der Waals surface area contributed by atoms with Gasteiger partial charge in [0.05, 0.1) is 12.2 Å². The molecule has 3 aromatic heterocycles. The van der Waals surface area contributed by atoms with Gasteiger partial charge in [-0.1, -0.05) is 0 Å². The van der Waals surface area contributed by atoms with E-state index < -0.39 is 0 Å². The Balaban J connectivity index is 1.75. The van der Waals surface area contributed by atoms with Crippen LogP contribution in [0.3, 0.4) is 0 Å². The lowest BCUT2D eigenvalue weighted by atomic mass is 10.2. The molecule has 4 heterocycles. The van der Waals surface area contributed by atoms with Gasteiger partial charge in [-0.2, -0.15) is 4.98 Å². The van der Waals surface area contributed by atoms with Gasteiger partial charge in [0, 0.05) is 52.2 Å². The molecule has 1 saturated heterocycles. The molecule has 9 nitrogen and oxygen atoms in total. The van der Waals surface area contributed by atoms with Gasteiger partial charge in [0.15, 0.2) is 11.2 Å². The Kier molecular flexibility index (Phi) is 4.23. The largest absolute Gasteiger partial charge is 0.373 e. The fraction of sp³-hybridized carbons (Fsp3) is 0.611. The first-order valence-corrected chi connectivity index (χ1v) is 9.29. The summed E-state index contributed by atoms with van der Waals surface area (Å²) in [5.74, 6) is 0.690. The summed E-state index contributed by atoms with van der Waals surface area (Å²) in [6.45, 7) is 9.66. The van der Waals surface area contributed by atoms with Gasteiger partial charge in [0.25, 0.3) is 5.56 Å². The highest BCUT2D eigenvalue weighted by molar-refractivity contribution is 5.75. The van der Waals surface area contributed by atoms with Gasteiger partial charge in [-0.3, -0.25) is 23.2 Å². The Labute approximate surface area is 156 Å². The van der Waals surface area contributed by atoms with Crippen LogP contribution in [0.4, 0.5) is 0 Å². The molecular weight excluding hydrogens is 348 g/mol. The third-order valence-corrected chi connectivity index (χ3v) is 5.39. The molecule has 0 amide bonds. The van der Waals surface area contributed by atoms with E-state index in [-0.39, 0.29) is 23.5 Å². The normalized spacial score (nSPS) is 21.5. The lowest BCUT2D eigenvalue weighted by Gasteiger charge is -2.35. The SMILES string of the molecule is Cc1cn2c3c(=O)n(C)c(=O)n(C)c3nc2n1CCN1C[C@@H](C)O[C@H](C)C1. The molecule has 1 fully saturated rings. The maximum absolute atomic E-state index is 12.6. The van der Waals surface area contributed by atoms with Crippen LogP contribution in [0.5, 0.6) is 0 Å². The maximum Gasteiger partial charge on any atom is 0.332 e. The van der Waals surface area contributed by atoms with Crippen LogP contribution in [-0.4, -0.2) is 59.8 Å². The molecule has 0 unspecified atom stereocenters. The highest BCUT2D eigenvalue weighted by Crippen LogP contribution is 2.17. The van der Waals surface area contributed by atoms with Crippen LogP contribution in [0.2, 0.25) is 0 Å². The molecule has 0 N–H and O–H groups in total. The Morgan fingerprint density at radius 1 is 1.11 bits per heavy atom. The van der Waals surface area contributed by atoms with Crippen LogP contribution in [0.1, 0.15) is 19.5 Å². The molecule has 4 rings (SSSR count). The molecule has 0 spiro atoms. The Morgan fingerprint density at radius 3 is 2.44 bits per heavy atom. The van der Waals surface area contributed by atoms with Crippen LogP contribution in [0.25, 0.3) is 16.9 Å². The fourth-order valence-electron chi connectivity index (χ4n) is 4.11. The van der Waals surface area contributed by atoms with Crippen molar-refractivity contribution in [3.63, 3.8) is 0 Å². The fourth-order valence-corrected chi connectivity index (χ4v) is 4.11. The number of imidazole rings is 2. The standard InChI is InChI=1S/C18H26N6O3/c1-11-8-24-14-15(20(4)18(26)21(5)16(14)25)19-17(24)23(11)7-6-22-9-12(2)27-13(3)10-22/h8,12-13H,6-7,9-10H2,1-5H3/t12-,13-/m1/s1. The van der Waals surface area contributed by atoms with Gasteiger partial charge in [0.1, 0.15) is 0 Å². The zero-order valence-electron chi connectivity index (χ0n) is 16.5. The van der Waals surface area contributed by atoms with E-state index in [1.165, 1.54) is 11.6 Å². The number of morpholine rings is 1. The van der Waals surface area contributed by atoms with Crippen molar-refractivity contribution in [3.05, 3.63) is 32.7 Å². The lowest BCUT2D eigenvalue weighted by molar-refractivity contribution is -0.0685. The molecule has 1 aliphatic heterocycles. The second-order valence-corrected chi connectivity index (χ2v) is 7.60. The average Bonchev–Trinajstić information content (AvgIpc) is 3.10. The highest BCUT2D eigenvalue weighted by atomic mass is 16.5. The summed E-state index contributed by atoms with van der Waals surface area (Å²) in [4.78, 5) is 31.9. The molecular formula is C18H26N6O3. The molecule has 0 aromatic carbocycles. The van der Waals surface area contributed by atoms with Crippen LogP contribution in [0, 0.1) is 6.92 Å². The van der Waals surface area contributed by atoms with E-state index in [2.05, 4.69) is 28.3 Å². The predicted molar refractivity (Wildman–Crippen MR) is 102 cm³/mol. The van der Waals surface area contributed by atoms with E-state index >= 15 is 0 Å². The number of nitrogens with zero attached hydrogens (tertiary/aromatic N) is 6. The van der Waals surface area contributed by atoms with E-state index in [1.807, 2.05) is 13.1 Å². The topological polar surface area (TPSA) is 78.7 Å². The smallest absolute Gasteiger partial charge is 0.332 e. The summed E-state index contributed by atoms with van der Waals surface area (Å²) in [5, 5.41) is 0. The highest BCUT2D eigenvalue weighted by Gasteiger charge is 2.23. The van der Waals surface area contributed by atoms with Crippen LogP contribution in [-0.2, 0) is 25.4 Å². The third-order valence-electron chi connectivity index (χ3n) is 5.39. The summed E-state index contributed by atoms with van der Waals surface area (Å²) in [5.41, 5.74) is 1.19. The summed E-state index contributed by atoms with van der Waals surface area (Å²) >= 11 is 0. The number of hydrogen-bond acceptors (Lipinski definition) is 5. The van der Waals surface area contributed by atoms with E-state index in [1.54, 1.807) is 11.4 Å². The summed E-state index contributed by atoms with van der Waals surface area (Å²) in [6, 6.07) is 0. The first kappa shape index (κ1) is 18.0. The molecule has 0 bridgehead atoms. The van der Waals surface area contributed by atoms with Crippen molar-refractivity contribution in [2.45, 2.75) is 39.5 Å². The van der Waals surface area contributed by atoms with Gasteiger partial charge in [-0.25, -0.2) is 4.79 Å². The number of aromatic nitrogens is 5. The van der Waals surface area contributed by atoms with Crippen molar-refractivity contribution >= 4 is 16.9 Å². The molecule has 9 heteroatoms. The minimum atomic E-state index is -0.368. The molecule has 0 saturated carbocycles. The number of hydrogen-bond donors (Lipinski definition) is 0. The van der Waals surface area contributed by atoms with Crippen molar-refractivity contribution in [3.8, 4) is 0 Å². The van der Waals surface area contributed by atoms with Gasteiger partial charge in [0.2, 0.25) is 5.78 Å². The zero-order valence-corrected chi connectivity index (χ0v) is 16.5. The second-order valence-electron chi connectivity index (χ2n) is 7.60. The van der Waals surface area contributed by atoms with E-state index in [4.69, 9.17) is 4.74 Å². The molecule has 3 aromatic rings. The van der Waals surface area contributed by atoms with E-state index in [0.29, 0.717) is 16.9 Å². The minimum absolute atomic E-state index is 0.228. The predicted octanol–water partition coefficient (Wildman–Crippen LogP) is 0.104. The lowest BCUT2D eigenvalue weighted by Crippen LogP contribution is -2.46. The van der Waals surface area contributed by atoms with Crippen molar-refractivity contribution in [1.29, 1.82) is 0 Å². The second kappa shape index (κ2) is 6.35. The van der Waals surface area contributed by atoms with Gasteiger partial charge in [-0.15, -0.1) is 0 Å². The third kappa shape index (κ3) is 2.81. The number of aryl methyl sites for hydroxylation is 2. The number of fused-ring (bicyclic) bond motifs is 3. The molecule has 0 radical (unpaired) electrons. The molecule has 27 heavy (non-hydrogen) atoms. The Bertz CT molecular complexity index is 1120. The zero-order chi connectivity index (χ0) is 19.5. The number of ether oxygens (including phenoxy) is 1. The molecule has 2 atom stereocenters. The van der Waals surface area contributed by atoms with Crippen LogP contribution in [0.15, 0.2) is 15.8 Å². The summed E-state index contributed by atoms with van der Waals surface area (Å²) in [7, 11) is 3.14. The van der Waals surface area contributed by atoms with Crippen molar-refractivity contribution in [1.82, 2.24) is 28.0 Å². The van der Waals surface area contributed by atoms with E-state index in [0.717, 1.165) is 36.4 Å². The number of rotatable bonds is 3. The summed E-state index contributed by atoms with van der Waals surface area (Å²) in [6.07, 6.45) is 2.37. The molecule has 1 aliphatic rings. The maximum atomic E-state index is 12.6. The van der Waals surface area contributed by atoms with Crippen molar-refractivity contribution in [2.24, 2.45) is 14.1 Å². The monoisotopic (exact) mass is 374 g/mol.